The average Bonchev–Trinajstić information content (AvgIpc) is 2.47. The maximum atomic E-state index is 3.59. The Kier molecular flexibility index (Phi) is 3.67. The van der Waals surface area contributed by atoms with E-state index in [4.69, 9.17) is 0 Å². The molecule has 2 heteroatoms. The second-order valence-corrected chi connectivity index (χ2v) is 6.26. The number of piperidine rings is 1. The van der Waals surface area contributed by atoms with Crippen LogP contribution in [0.5, 0.6) is 0 Å². The van der Waals surface area contributed by atoms with Crippen LogP contribution in [0.4, 0.5) is 11.4 Å². The summed E-state index contributed by atoms with van der Waals surface area (Å²) in [6, 6.07) is 7.63. The van der Waals surface area contributed by atoms with E-state index in [1.54, 1.807) is 0 Å². The molecule has 2 heterocycles. The molecule has 0 aromatic heterocycles. The lowest BCUT2D eigenvalue weighted by Gasteiger charge is -2.34. The predicted octanol–water partition coefficient (Wildman–Crippen LogP) is 4.06. The Balaban J connectivity index is 1.72. The van der Waals surface area contributed by atoms with Crippen LogP contribution >= 0.6 is 0 Å². The van der Waals surface area contributed by atoms with E-state index in [9.17, 15) is 0 Å². The largest absolute Gasteiger partial charge is 0.382 e. The van der Waals surface area contributed by atoms with Crippen molar-refractivity contribution in [2.75, 3.05) is 23.3 Å². The monoisotopic (exact) mass is 258 g/mol. The highest BCUT2D eigenvalue weighted by Crippen LogP contribution is 2.31. The normalized spacial score (nSPS) is 23.9. The minimum absolute atomic E-state index is 0.624. The number of fused-ring (bicyclic) bond motifs is 1. The molecule has 0 radical (unpaired) electrons. The SMILES string of the molecule is CCC1CCN(c2ccc3c(c2)CCC(C)N3)CC1. The van der Waals surface area contributed by atoms with Gasteiger partial charge in [-0.1, -0.05) is 13.3 Å². The number of hydrogen-bond donors (Lipinski definition) is 1. The van der Waals surface area contributed by atoms with Crippen molar-refractivity contribution in [2.45, 2.75) is 52.0 Å². The predicted molar refractivity (Wildman–Crippen MR) is 83.1 cm³/mol. The summed E-state index contributed by atoms with van der Waals surface area (Å²) in [5.74, 6) is 0.955. The van der Waals surface area contributed by atoms with Gasteiger partial charge in [-0.3, -0.25) is 0 Å². The third-order valence-corrected chi connectivity index (χ3v) is 4.89. The molecule has 2 nitrogen and oxygen atoms in total. The highest BCUT2D eigenvalue weighted by molar-refractivity contribution is 5.62. The number of aryl methyl sites for hydroxylation is 1. The standard InChI is InChI=1S/C17H26N2/c1-3-14-8-10-19(11-9-14)16-6-7-17-15(12-16)5-4-13(2)18-17/h6-7,12-14,18H,3-5,8-11H2,1-2H3. The molecule has 1 fully saturated rings. The highest BCUT2D eigenvalue weighted by atomic mass is 15.1. The number of hydrogen-bond acceptors (Lipinski definition) is 2. The quantitative estimate of drug-likeness (QED) is 0.860. The summed E-state index contributed by atoms with van der Waals surface area (Å²) < 4.78 is 0. The van der Waals surface area contributed by atoms with Crippen molar-refractivity contribution in [3.63, 3.8) is 0 Å². The van der Waals surface area contributed by atoms with Gasteiger partial charge in [-0.25, -0.2) is 0 Å². The second kappa shape index (κ2) is 5.44. The number of nitrogens with zero attached hydrogens (tertiary/aromatic N) is 1. The Bertz CT molecular complexity index is 433. The van der Waals surface area contributed by atoms with Crippen LogP contribution in [-0.2, 0) is 6.42 Å². The van der Waals surface area contributed by atoms with Gasteiger partial charge in [0.05, 0.1) is 0 Å². The molecule has 0 spiro atoms. The van der Waals surface area contributed by atoms with Gasteiger partial charge in [0.1, 0.15) is 0 Å². The van der Waals surface area contributed by atoms with Gasteiger partial charge in [-0.15, -0.1) is 0 Å². The minimum atomic E-state index is 0.624. The second-order valence-electron chi connectivity index (χ2n) is 6.26. The van der Waals surface area contributed by atoms with Crippen molar-refractivity contribution >= 4 is 11.4 Å². The van der Waals surface area contributed by atoms with Gasteiger partial charge < -0.3 is 10.2 Å². The Morgan fingerprint density at radius 2 is 2.00 bits per heavy atom. The molecule has 19 heavy (non-hydrogen) atoms. The van der Waals surface area contributed by atoms with Crippen molar-refractivity contribution < 1.29 is 0 Å². The van der Waals surface area contributed by atoms with E-state index >= 15 is 0 Å². The molecule has 1 N–H and O–H groups in total. The van der Waals surface area contributed by atoms with Crippen molar-refractivity contribution in [2.24, 2.45) is 5.92 Å². The molecule has 1 aromatic carbocycles. The Labute approximate surface area is 117 Å². The van der Waals surface area contributed by atoms with Gasteiger partial charge in [0.15, 0.2) is 0 Å². The van der Waals surface area contributed by atoms with Crippen LogP contribution in [-0.4, -0.2) is 19.1 Å². The molecule has 1 aromatic rings. The molecular weight excluding hydrogens is 232 g/mol. The summed E-state index contributed by atoms with van der Waals surface area (Å²) in [6.07, 6.45) is 6.56. The fraction of sp³-hybridized carbons (Fsp3) is 0.647. The van der Waals surface area contributed by atoms with Crippen LogP contribution in [0.2, 0.25) is 0 Å². The first-order valence-corrected chi connectivity index (χ1v) is 7.90. The molecular formula is C17H26N2. The lowest BCUT2D eigenvalue weighted by molar-refractivity contribution is 0.395. The molecule has 0 bridgehead atoms. The maximum absolute atomic E-state index is 3.59. The van der Waals surface area contributed by atoms with E-state index in [0.29, 0.717) is 6.04 Å². The fourth-order valence-corrected chi connectivity index (χ4v) is 3.43. The van der Waals surface area contributed by atoms with Gasteiger partial charge in [0.25, 0.3) is 0 Å². The lowest BCUT2D eigenvalue weighted by Crippen LogP contribution is -2.33. The van der Waals surface area contributed by atoms with Crippen LogP contribution in [0, 0.1) is 5.92 Å². The zero-order valence-electron chi connectivity index (χ0n) is 12.3. The molecule has 3 rings (SSSR count). The molecule has 2 aliphatic heterocycles. The fourth-order valence-electron chi connectivity index (χ4n) is 3.43. The number of benzene rings is 1. The third-order valence-electron chi connectivity index (χ3n) is 4.89. The van der Waals surface area contributed by atoms with Crippen molar-refractivity contribution in [3.05, 3.63) is 23.8 Å². The van der Waals surface area contributed by atoms with Gasteiger partial charge in [-0.2, -0.15) is 0 Å². The minimum Gasteiger partial charge on any atom is -0.382 e. The maximum Gasteiger partial charge on any atom is 0.0376 e. The van der Waals surface area contributed by atoms with Crippen molar-refractivity contribution in [3.8, 4) is 0 Å². The summed E-state index contributed by atoms with van der Waals surface area (Å²) in [4.78, 5) is 2.57. The molecule has 2 aliphatic rings. The van der Waals surface area contributed by atoms with Crippen molar-refractivity contribution in [1.82, 2.24) is 0 Å². The molecule has 0 aliphatic carbocycles. The third kappa shape index (κ3) is 2.72. The molecule has 1 atom stereocenters. The van der Waals surface area contributed by atoms with Gasteiger partial charge >= 0.3 is 0 Å². The summed E-state index contributed by atoms with van der Waals surface area (Å²) in [5.41, 5.74) is 4.30. The van der Waals surface area contributed by atoms with Gasteiger partial charge in [-0.05, 0) is 62.3 Å². The van der Waals surface area contributed by atoms with E-state index < -0.39 is 0 Å². The molecule has 0 saturated carbocycles. The zero-order chi connectivity index (χ0) is 13.2. The van der Waals surface area contributed by atoms with E-state index in [-0.39, 0.29) is 0 Å². The van der Waals surface area contributed by atoms with Crippen LogP contribution in [0.15, 0.2) is 18.2 Å². The smallest absolute Gasteiger partial charge is 0.0376 e. The van der Waals surface area contributed by atoms with Crippen LogP contribution in [0.25, 0.3) is 0 Å². The van der Waals surface area contributed by atoms with Crippen LogP contribution in [0.3, 0.4) is 0 Å². The summed E-state index contributed by atoms with van der Waals surface area (Å²) in [6.45, 7) is 7.07. The van der Waals surface area contributed by atoms with E-state index in [1.807, 2.05) is 0 Å². The first kappa shape index (κ1) is 12.8. The Hall–Kier alpha value is -1.18. The summed E-state index contributed by atoms with van der Waals surface area (Å²) in [5, 5.41) is 3.59. The first-order chi connectivity index (χ1) is 9.26. The topological polar surface area (TPSA) is 15.3 Å². The molecule has 104 valence electrons. The van der Waals surface area contributed by atoms with E-state index in [2.05, 4.69) is 42.3 Å². The van der Waals surface area contributed by atoms with Crippen molar-refractivity contribution in [1.29, 1.82) is 0 Å². The van der Waals surface area contributed by atoms with E-state index in [1.165, 1.54) is 62.1 Å². The van der Waals surface area contributed by atoms with Gasteiger partial charge in [0.2, 0.25) is 0 Å². The molecule has 0 amide bonds. The average molecular weight is 258 g/mol. The lowest BCUT2D eigenvalue weighted by atomic mass is 9.93. The number of nitrogens with one attached hydrogen (secondary N) is 1. The summed E-state index contributed by atoms with van der Waals surface area (Å²) in [7, 11) is 0. The van der Waals surface area contributed by atoms with Crippen LogP contribution in [0.1, 0.15) is 45.1 Å². The molecule has 1 saturated heterocycles. The number of anilines is 2. The summed E-state index contributed by atoms with van der Waals surface area (Å²) >= 11 is 0. The van der Waals surface area contributed by atoms with E-state index in [0.717, 1.165) is 5.92 Å². The zero-order valence-corrected chi connectivity index (χ0v) is 12.3. The Morgan fingerprint density at radius 3 is 2.74 bits per heavy atom. The van der Waals surface area contributed by atoms with Crippen LogP contribution < -0.4 is 10.2 Å². The number of rotatable bonds is 2. The first-order valence-electron chi connectivity index (χ1n) is 7.90. The Morgan fingerprint density at radius 1 is 1.21 bits per heavy atom. The molecule has 1 unspecified atom stereocenters. The van der Waals surface area contributed by atoms with Gasteiger partial charge in [0, 0.05) is 30.5 Å². The highest BCUT2D eigenvalue weighted by Gasteiger charge is 2.20.